The van der Waals surface area contributed by atoms with Crippen LogP contribution in [0.15, 0.2) is 36.4 Å². The highest BCUT2D eigenvalue weighted by Gasteiger charge is 2.39. The van der Waals surface area contributed by atoms with Crippen LogP contribution in [-0.2, 0) is 23.9 Å². The Hall–Kier alpha value is -3.46. The van der Waals surface area contributed by atoms with Crippen molar-refractivity contribution in [3.63, 3.8) is 0 Å². The van der Waals surface area contributed by atoms with E-state index in [1.54, 1.807) is 32.9 Å². The molecule has 44 heavy (non-hydrogen) atoms. The molecule has 4 rings (SSSR count). The number of hydrazine groups is 1. The average molecular weight is 614 g/mol. The number of carboxylic acid groups (broad SMARTS) is 1. The number of carbonyl (C=O) groups is 3. The van der Waals surface area contributed by atoms with Crippen LogP contribution in [0.5, 0.6) is 0 Å². The molecule has 13 heteroatoms. The number of aliphatic hydroxyl groups is 2. The minimum Gasteiger partial charge on any atom is -0.480 e. The molecule has 2 fully saturated rings. The van der Waals surface area contributed by atoms with E-state index in [0.29, 0.717) is 30.6 Å². The van der Waals surface area contributed by atoms with Crippen molar-refractivity contribution in [2.24, 2.45) is 11.3 Å². The quantitative estimate of drug-likeness (QED) is 0.201. The second-order valence-electron chi connectivity index (χ2n) is 11.9. The minimum absolute atomic E-state index is 0.0231. The van der Waals surface area contributed by atoms with Crippen LogP contribution in [0.1, 0.15) is 57.8 Å². The molecular weight excluding hydrogens is 570 g/mol. The molecule has 6 N–H and O–H groups in total. The lowest BCUT2D eigenvalue weighted by Gasteiger charge is -2.36. The Morgan fingerprint density at radius 1 is 1.11 bits per heavy atom. The highest BCUT2D eigenvalue weighted by molar-refractivity contribution is 5.85. The number of benzene rings is 1. The molecule has 240 valence electrons. The number of fused-ring (bicyclic) bond motifs is 1. The third-order valence-electron chi connectivity index (χ3n) is 8.01. The fourth-order valence-corrected chi connectivity index (χ4v) is 5.14. The number of hydrogen-bond donors (Lipinski definition) is 6. The molecule has 2 aliphatic rings. The van der Waals surface area contributed by atoms with Gasteiger partial charge in [0.15, 0.2) is 0 Å². The van der Waals surface area contributed by atoms with Crippen molar-refractivity contribution in [3.8, 4) is 0 Å². The van der Waals surface area contributed by atoms with Crippen molar-refractivity contribution < 1.29 is 39.2 Å². The van der Waals surface area contributed by atoms with Gasteiger partial charge in [0.2, 0.25) is 5.91 Å². The molecule has 0 radical (unpaired) electrons. The molecule has 2 aromatic rings. The number of aromatic nitrogens is 1. The number of nitrogens with one attached hydrogen (secondary N) is 3. The predicted molar refractivity (Wildman–Crippen MR) is 161 cm³/mol. The van der Waals surface area contributed by atoms with Gasteiger partial charge in [0.05, 0.1) is 42.6 Å². The van der Waals surface area contributed by atoms with E-state index in [1.807, 2.05) is 37.3 Å². The second kappa shape index (κ2) is 14.5. The number of nitrogens with zero attached hydrogens (tertiary/aromatic N) is 2. The Balaban J connectivity index is 1.38. The third-order valence-corrected chi connectivity index (χ3v) is 8.01. The van der Waals surface area contributed by atoms with Crippen LogP contribution in [0, 0.1) is 11.3 Å². The molecule has 2 aliphatic heterocycles. The first kappa shape index (κ1) is 33.4. The Bertz CT molecular complexity index is 1360. The number of aliphatic hydroxyl groups excluding tert-OH is 2. The zero-order valence-electron chi connectivity index (χ0n) is 25.5. The molecule has 0 spiro atoms. The number of hydrogen-bond acceptors (Lipinski definition) is 10. The molecular formula is C31H43N5O8. The first-order valence-corrected chi connectivity index (χ1v) is 14.9. The lowest BCUT2D eigenvalue weighted by atomic mass is 9.88. The number of pyridine rings is 1. The van der Waals surface area contributed by atoms with Gasteiger partial charge in [0.1, 0.15) is 24.5 Å². The molecule has 5 atom stereocenters. The monoisotopic (exact) mass is 613 g/mol. The molecule has 13 nitrogen and oxygen atoms in total. The number of aliphatic carboxylic acids is 1. The summed E-state index contributed by atoms with van der Waals surface area (Å²) in [5, 5.41) is 38.0. The van der Waals surface area contributed by atoms with Crippen LogP contribution >= 0.6 is 0 Å². The van der Waals surface area contributed by atoms with Gasteiger partial charge in [0, 0.05) is 11.9 Å². The van der Waals surface area contributed by atoms with Gasteiger partial charge in [-0.15, -0.1) is 0 Å². The summed E-state index contributed by atoms with van der Waals surface area (Å²) in [6, 6.07) is 7.51. The van der Waals surface area contributed by atoms with E-state index >= 15 is 0 Å². The van der Waals surface area contributed by atoms with Crippen molar-refractivity contribution in [1.29, 1.82) is 0 Å². The largest absolute Gasteiger partial charge is 0.480 e. The Labute approximate surface area is 256 Å². The van der Waals surface area contributed by atoms with Crippen LogP contribution in [0.2, 0.25) is 0 Å². The predicted octanol–water partition coefficient (Wildman–Crippen LogP) is 1.31. The number of carboxylic acids is 1. The van der Waals surface area contributed by atoms with Crippen LogP contribution in [-0.4, -0.2) is 94.1 Å². The SMILES string of the molecule is CC(C)[C@H](O)C(O)N[C@@H](C)C(=O)N1CCC[C@@H](C(=O)N[C@H](C)c2ccc3ccc(/C=C/C4(C(=O)O)COCOC4)cc3n2)N1. The third kappa shape index (κ3) is 7.97. The molecule has 1 aromatic carbocycles. The topological polar surface area (TPSA) is 183 Å². The van der Waals surface area contributed by atoms with E-state index in [1.165, 1.54) is 5.01 Å². The minimum atomic E-state index is -1.26. The number of carbonyl (C=O) groups excluding carboxylic acids is 2. The summed E-state index contributed by atoms with van der Waals surface area (Å²) in [6.45, 7) is 7.48. The maximum absolute atomic E-state index is 13.2. The fraction of sp³-hybridized carbons (Fsp3) is 0.548. The van der Waals surface area contributed by atoms with Gasteiger partial charge in [-0.05, 0) is 50.3 Å². The molecule has 3 heterocycles. The van der Waals surface area contributed by atoms with E-state index in [9.17, 15) is 29.7 Å². The molecule has 2 saturated heterocycles. The van der Waals surface area contributed by atoms with Crippen molar-refractivity contribution >= 4 is 34.8 Å². The van der Waals surface area contributed by atoms with E-state index in [0.717, 1.165) is 10.9 Å². The molecule has 0 aliphatic carbocycles. The smallest absolute Gasteiger partial charge is 0.318 e. The summed E-state index contributed by atoms with van der Waals surface area (Å²) in [4.78, 5) is 42.8. The van der Waals surface area contributed by atoms with Gasteiger partial charge in [-0.25, -0.2) is 5.43 Å². The summed E-state index contributed by atoms with van der Waals surface area (Å²) in [7, 11) is 0. The first-order valence-electron chi connectivity index (χ1n) is 14.9. The summed E-state index contributed by atoms with van der Waals surface area (Å²) in [5.41, 5.74) is 3.83. The van der Waals surface area contributed by atoms with E-state index < -0.39 is 41.8 Å². The van der Waals surface area contributed by atoms with Crippen molar-refractivity contribution in [2.45, 2.75) is 71.0 Å². The summed E-state index contributed by atoms with van der Waals surface area (Å²) < 4.78 is 10.5. The second-order valence-corrected chi connectivity index (χ2v) is 11.9. The number of ether oxygens (including phenoxy) is 2. The number of amides is 2. The van der Waals surface area contributed by atoms with Crippen molar-refractivity contribution in [2.75, 3.05) is 26.6 Å². The van der Waals surface area contributed by atoms with E-state index in [-0.39, 0.29) is 37.7 Å². The maximum Gasteiger partial charge on any atom is 0.318 e. The van der Waals surface area contributed by atoms with Gasteiger partial charge in [-0.2, -0.15) is 0 Å². The zero-order valence-corrected chi connectivity index (χ0v) is 25.5. The molecule has 0 bridgehead atoms. The number of rotatable bonds is 11. The zero-order chi connectivity index (χ0) is 32.0. The van der Waals surface area contributed by atoms with Crippen LogP contribution < -0.4 is 16.1 Å². The Morgan fingerprint density at radius 2 is 1.82 bits per heavy atom. The highest BCUT2D eigenvalue weighted by atomic mass is 16.7. The maximum atomic E-state index is 13.2. The Kier molecular flexibility index (Phi) is 11.1. The molecule has 0 saturated carbocycles. The van der Waals surface area contributed by atoms with Gasteiger partial charge in [0.25, 0.3) is 5.91 Å². The van der Waals surface area contributed by atoms with Gasteiger partial charge >= 0.3 is 5.97 Å². The lowest BCUT2D eigenvalue weighted by Crippen LogP contribution is -2.61. The molecule has 1 aromatic heterocycles. The summed E-state index contributed by atoms with van der Waals surface area (Å²) in [5.74, 6) is -1.84. The Morgan fingerprint density at radius 3 is 2.50 bits per heavy atom. The van der Waals surface area contributed by atoms with Gasteiger partial charge in [-0.1, -0.05) is 44.2 Å². The van der Waals surface area contributed by atoms with Crippen LogP contribution in [0.4, 0.5) is 0 Å². The lowest BCUT2D eigenvalue weighted by molar-refractivity contribution is -0.180. The average Bonchev–Trinajstić information content (AvgIpc) is 3.02. The van der Waals surface area contributed by atoms with Crippen LogP contribution in [0.3, 0.4) is 0 Å². The van der Waals surface area contributed by atoms with Gasteiger partial charge in [-0.3, -0.25) is 29.7 Å². The van der Waals surface area contributed by atoms with Crippen molar-refractivity contribution in [3.05, 3.63) is 47.7 Å². The highest BCUT2D eigenvalue weighted by Crippen LogP contribution is 2.27. The van der Waals surface area contributed by atoms with E-state index in [4.69, 9.17) is 14.5 Å². The molecule has 2 amide bonds. The summed E-state index contributed by atoms with van der Waals surface area (Å²) in [6.07, 6.45) is 2.16. The normalized spacial score (nSPS) is 21.6. The van der Waals surface area contributed by atoms with Crippen molar-refractivity contribution in [1.82, 2.24) is 26.1 Å². The van der Waals surface area contributed by atoms with Crippen LogP contribution in [0.25, 0.3) is 17.0 Å². The molecule has 1 unspecified atom stereocenters. The fourth-order valence-electron chi connectivity index (χ4n) is 5.14. The summed E-state index contributed by atoms with van der Waals surface area (Å²) >= 11 is 0. The van der Waals surface area contributed by atoms with Gasteiger partial charge < -0.3 is 30.1 Å². The standard InChI is InChI=1S/C31H43N5O8/c1-18(2)26(37)28(39)33-20(4)29(40)36-13-5-6-24(35-36)27(38)32-19(3)23-10-9-22-8-7-21(14-25(22)34-23)11-12-31(30(41)42)15-43-17-44-16-31/h7-12,14,18-20,24,26,28,33,35,37,39H,5-6,13,15-17H2,1-4H3,(H,32,38)(H,41,42)/b12-11+/t19-,20+,24+,26+,28?/m1/s1. The van der Waals surface area contributed by atoms with E-state index in [2.05, 4.69) is 16.1 Å². The first-order chi connectivity index (χ1) is 20.9.